The van der Waals surface area contributed by atoms with E-state index in [2.05, 4.69) is 0 Å². The lowest BCUT2D eigenvalue weighted by Crippen LogP contribution is -2.38. The first-order valence-electron chi connectivity index (χ1n) is 7.04. The molecule has 0 aromatic heterocycles. The molecule has 0 unspecified atom stereocenters. The van der Waals surface area contributed by atoms with Gasteiger partial charge in [-0.1, -0.05) is 13.8 Å². The van der Waals surface area contributed by atoms with Gasteiger partial charge < -0.3 is 14.9 Å². The van der Waals surface area contributed by atoms with Crippen LogP contribution < -0.4 is 0 Å². The summed E-state index contributed by atoms with van der Waals surface area (Å²) in [5, 5.41) is 9.15. The number of carboxylic acids is 1. The van der Waals surface area contributed by atoms with Gasteiger partial charge in [-0.25, -0.2) is 0 Å². The third-order valence-corrected chi connectivity index (χ3v) is 4.61. The van der Waals surface area contributed by atoms with Crippen LogP contribution in [0.4, 0.5) is 0 Å². The number of amides is 2. The van der Waals surface area contributed by atoms with Crippen LogP contribution in [0.25, 0.3) is 0 Å². The summed E-state index contributed by atoms with van der Waals surface area (Å²) in [4.78, 5) is 38.5. The van der Waals surface area contributed by atoms with Crippen LogP contribution in [0.15, 0.2) is 0 Å². The van der Waals surface area contributed by atoms with E-state index in [1.54, 1.807) is 9.80 Å². The van der Waals surface area contributed by atoms with E-state index in [1.165, 1.54) is 6.92 Å². The molecule has 1 saturated heterocycles. The molecule has 1 N–H and O–H groups in total. The predicted octanol–water partition coefficient (Wildman–Crippen LogP) is 0.424. The maximum atomic E-state index is 12.5. The summed E-state index contributed by atoms with van der Waals surface area (Å²) in [6, 6.07) is 0. The predicted molar refractivity (Wildman–Crippen MR) is 71.8 cm³/mol. The smallest absolute Gasteiger partial charge is 0.307 e. The van der Waals surface area contributed by atoms with Crippen molar-refractivity contribution in [1.82, 2.24) is 9.80 Å². The number of carbonyl (C=O) groups is 3. The SMILES string of the molecule is CC(=O)N1CCCN(C(=O)[C@H]2[C@@H](C(=O)O)C2(C)C)CC1. The second kappa shape index (κ2) is 5.07. The lowest BCUT2D eigenvalue weighted by Gasteiger charge is -2.22. The molecule has 0 aromatic carbocycles. The molecule has 112 valence electrons. The lowest BCUT2D eigenvalue weighted by molar-refractivity contribution is -0.142. The third kappa shape index (κ3) is 2.51. The van der Waals surface area contributed by atoms with Gasteiger partial charge in [0, 0.05) is 33.1 Å². The summed E-state index contributed by atoms with van der Waals surface area (Å²) in [6.07, 6.45) is 0.746. The first-order chi connectivity index (χ1) is 9.26. The van der Waals surface area contributed by atoms with E-state index in [4.69, 9.17) is 5.11 Å². The zero-order chi connectivity index (χ0) is 15.1. The second-order valence-electron chi connectivity index (χ2n) is 6.30. The minimum Gasteiger partial charge on any atom is -0.481 e. The van der Waals surface area contributed by atoms with Crippen LogP contribution >= 0.6 is 0 Å². The van der Waals surface area contributed by atoms with Gasteiger partial charge in [-0.2, -0.15) is 0 Å². The normalized spacial score (nSPS) is 28.8. The summed E-state index contributed by atoms with van der Waals surface area (Å²) in [6.45, 7) is 7.48. The van der Waals surface area contributed by atoms with Crippen molar-refractivity contribution in [2.75, 3.05) is 26.2 Å². The van der Waals surface area contributed by atoms with Crippen molar-refractivity contribution in [1.29, 1.82) is 0 Å². The Balaban J connectivity index is 2.01. The van der Waals surface area contributed by atoms with E-state index in [0.29, 0.717) is 26.2 Å². The van der Waals surface area contributed by atoms with Gasteiger partial charge in [0.1, 0.15) is 0 Å². The molecule has 0 aromatic rings. The van der Waals surface area contributed by atoms with Crippen molar-refractivity contribution in [2.45, 2.75) is 27.2 Å². The van der Waals surface area contributed by atoms with Gasteiger partial charge in [0.15, 0.2) is 0 Å². The molecule has 20 heavy (non-hydrogen) atoms. The molecule has 6 nitrogen and oxygen atoms in total. The molecular weight excluding hydrogens is 260 g/mol. The molecule has 2 fully saturated rings. The fourth-order valence-electron chi connectivity index (χ4n) is 3.21. The molecule has 2 aliphatic rings. The number of nitrogens with zero attached hydrogens (tertiary/aromatic N) is 2. The average molecular weight is 282 g/mol. The lowest BCUT2D eigenvalue weighted by atomic mass is 10.1. The minimum absolute atomic E-state index is 0.0227. The van der Waals surface area contributed by atoms with Crippen molar-refractivity contribution in [3.05, 3.63) is 0 Å². The fourth-order valence-corrected chi connectivity index (χ4v) is 3.21. The molecule has 0 bridgehead atoms. The second-order valence-corrected chi connectivity index (χ2v) is 6.30. The van der Waals surface area contributed by atoms with E-state index in [9.17, 15) is 14.4 Å². The van der Waals surface area contributed by atoms with E-state index >= 15 is 0 Å². The highest BCUT2D eigenvalue weighted by atomic mass is 16.4. The topological polar surface area (TPSA) is 77.9 Å². The van der Waals surface area contributed by atoms with Crippen LogP contribution in [0.5, 0.6) is 0 Å². The summed E-state index contributed by atoms with van der Waals surface area (Å²) in [5.74, 6) is -1.96. The Labute approximate surface area is 118 Å². The molecule has 1 aliphatic heterocycles. The van der Waals surface area contributed by atoms with Crippen LogP contribution in [0.1, 0.15) is 27.2 Å². The number of rotatable bonds is 2. The summed E-state index contributed by atoms with van der Waals surface area (Å²) < 4.78 is 0. The summed E-state index contributed by atoms with van der Waals surface area (Å²) in [7, 11) is 0. The third-order valence-electron chi connectivity index (χ3n) is 4.61. The van der Waals surface area contributed by atoms with Crippen LogP contribution in [0, 0.1) is 17.3 Å². The number of carboxylic acid groups (broad SMARTS) is 1. The molecule has 0 spiro atoms. The quantitative estimate of drug-likeness (QED) is 0.796. The monoisotopic (exact) mass is 282 g/mol. The van der Waals surface area contributed by atoms with E-state index in [1.807, 2.05) is 13.8 Å². The molecule has 2 rings (SSSR count). The molecule has 1 saturated carbocycles. The van der Waals surface area contributed by atoms with Gasteiger partial charge in [-0.3, -0.25) is 14.4 Å². The molecular formula is C14H22N2O4. The van der Waals surface area contributed by atoms with Gasteiger partial charge >= 0.3 is 5.97 Å². The van der Waals surface area contributed by atoms with Crippen molar-refractivity contribution in [2.24, 2.45) is 17.3 Å². The van der Waals surface area contributed by atoms with Crippen LogP contribution in [-0.4, -0.2) is 58.9 Å². The highest BCUT2D eigenvalue weighted by molar-refractivity contribution is 5.91. The fraction of sp³-hybridized carbons (Fsp3) is 0.786. The Morgan fingerprint density at radius 1 is 1.00 bits per heavy atom. The Morgan fingerprint density at radius 3 is 2.05 bits per heavy atom. The first-order valence-corrected chi connectivity index (χ1v) is 7.04. The average Bonchev–Trinajstić information content (AvgIpc) is 2.99. The van der Waals surface area contributed by atoms with Crippen molar-refractivity contribution in [3.8, 4) is 0 Å². The van der Waals surface area contributed by atoms with Gasteiger partial charge in [0.05, 0.1) is 11.8 Å². The summed E-state index contributed by atoms with van der Waals surface area (Å²) >= 11 is 0. The van der Waals surface area contributed by atoms with E-state index in [-0.39, 0.29) is 11.8 Å². The Bertz CT molecular complexity index is 446. The van der Waals surface area contributed by atoms with Crippen molar-refractivity contribution >= 4 is 17.8 Å². The maximum Gasteiger partial charge on any atom is 0.307 e. The summed E-state index contributed by atoms with van der Waals surface area (Å²) in [5.41, 5.74) is -0.463. The van der Waals surface area contributed by atoms with E-state index < -0.39 is 23.2 Å². The van der Waals surface area contributed by atoms with Crippen molar-refractivity contribution < 1.29 is 19.5 Å². The highest BCUT2D eigenvalue weighted by Crippen LogP contribution is 2.59. The van der Waals surface area contributed by atoms with Crippen LogP contribution in [0.3, 0.4) is 0 Å². The largest absolute Gasteiger partial charge is 0.481 e. The number of hydrogen-bond acceptors (Lipinski definition) is 3. The van der Waals surface area contributed by atoms with Gasteiger partial charge in [-0.15, -0.1) is 0 Å². The minimum atomic E-state index is -0.895. The molecule has 0 radical (unpaired) electrons. The molecule has 1 heterocycles. The van der Waals surface area contributed by atoms with Crippen LogP contribution in [0.2, 0.25) is 0 Å². The molecule has 2 atom stereocenters. The van der Waals surface area contributed by atoms with Crippen LogP contribution in [-0.2, 0) is 14.4 Å². The highest BCUT2D eigenvalue weighted by Gasteiger charge is 2.66. The first kappa shape index (κ1) is 14.8. The Kier molecular flexibility index (Phi) is 3.75. The van der Waals surface area contributed by atoms with Gasteiger partial charge in [0.2, 0.25) is 11.8 Å². The number of aliphatic carboxylic acids is 1. The number of hydrogen-bond donors (Lipinski definition) is 1. The molecule has 1 aliphatic carbocycles. The van der Waals surface area contributed by atoms with Gasteiger partial charge in [0.25, 0.3) is 0 Å². The molecule has 2 amide bonds. The standard InChI is InChI=1S/C14H22N2O4/c1-9(17)15-5-4-6-16(8-7-15)12(18)10-11(13(19)20)14(10,2)3/h10-11H,4-8H2,1-3H3,(H,19,20)/t10-,11+/m1/s1. The van der Waals surface area contributed by atoms with Gasteiger partial charge in [-0.05, 0) is 11.8 Å². The Morgan fingerprint density at radius 2 is 1.55 bits per heavy atom. The Hall–Kier alpha value is -1.59. The van der Waals surface area contributed by atoms with E-state index in [0.717, 1.165) is 6.42 Å². The van der Waals surface area contributed by atoms with Crippen molar-refractivity contribution in [3.63, 3.8) is 0 Å². The molecule has 6 heteroatoms. The maximum absolute atomic E-state index is 12.5. The zero-order valence-corrected chi connectivity index (χ0v) is 12.3. The number of carbonyl (C=O) groups excluding carboxylic acids is 2. The zero-order valence-electron chi connectivity index (χ0n) is 12.3.